The lowest BCUT2D eigenvalue weighted by Crippen LogP contribution is -2.25. The van der Waals surface area contributed by atoms with Crippen LogP contribution in [0.4, 0.5) is 0 Å². The summed E-state index contributed by atoms with van der Waals surface area (Å²) in [7, 11) is 0. The lowest BCUT2D eigenvalue weighted by atomic mass is 9.75. The minimum Gasteiger partial charge on any atom is -0.507 e. The largest absolute Gasteiger partial charge is 0.507 e. The predicted molar refractivity (Wildman–Crippen MR) is 81.1 cm³/mol. The smallest absolute Gasteiger partial charge is 0.339 e. The Morgan fingerprint density at radius 3 is 1.14 bits per heavy atom. The van der Waals surface area contributed by atoms with Crippen molar-refractivity contribution in [3.8, 4) is 11.5 Å². The van der Waals surface area contributed by atoms with E-state index >= 15 is 0 Å². The third kappa shape index (κ3) is 2.86. The summed E-state index contributed by atoms with van der Waals surface area (Å²) in [4.78, 5) is 23.2. The lowest BCUT2D eigenvalue weighted by Gasteiger charge is -2.30. The second-order valence-electron chi connectivity index (χ2n) is 7.31. The van der Waals surface area contributed by atoms with E-state index < -0.39 is 45.4 Å². The highest BCUT2D eigenvalue weighted by Gasteiger charge is 2.38. The van der Waals surface area contributed by atoms with Crippen molar-refractivity contribution in [2.24, 2.45) is 0 Å². The molecular weight excluding hydrogens is 288 g/mol. The fraction of sp³-hybridized carbons (Fsp3) is 0.500. The van der Waals surface area contributed by atoms with Gasteiger partial charge in [-0.1, -0.05) is 41.5 Å². The number of phenols is 2. The number of hydrogen-bond acceptors (Lipinski definition) is 4. The molecule has 0 aromatic heterocycles. The van der Waals surface area contributed by atoms with Crippen molar-refractivity contribution in [3.05, 3.63) is 22.3 Å². The van der Waals surface area contributed by atoms with Gasteiger partial charge in [0, 0.05) is 5.56 Å². The fourth-order valence-electron chi connectivity index (χ4n) is 2.60. The number of benzene rings is 1. The van der Waals surface area contributed by atoms with Crippen molar-refractivity contribution in [2.45, 2.75) is 52.4 Å². The molecule has 1 aromatic rings. The zero-order valence-corrected chi connectivity index (χ0v) is 13.6. The first-order valence-corrected chi connectivity index (χ1v) is 6.80. The Hall–Kier alpha value is -2.24. The van der Waals surface area contributed by atoms with Gasteiger partial charge in [-0.05, 0) is 16.4 Å². The number of carboxylic acid groups (broad SMARTS) is 2. The first kappa shape index (κ1) is 17.8. The van der Waals surface area contributed by atoms with Crippen LogP contribution in [0.5, 0.6) is 11.5 Å². The Balaban J connectivity index is 4.19. The van der Waals surface area contributed by atoms with E-state index in [1.54, 1.807) is 41.5 Å². The molecule has 0 bridgehead atoms. The summed E-state index contributed by atoms with van der Waals surface area (Å²) in [5.41, 5.74) is -2.88. The summed E-state index contributed by atoms with van der Waals surface area (Å²) in [6.45, 7) is 9.81. The summed E-state index contributed by atoms with van der Waals surface area (Å²) >= 11 is 0. The van der Waals surface area contributed by atoms with Crippen molar-refractivity contribution >= 4 is 11.9 Å². The molecule has 0 heterocycles. The molecule has 6 heteroatoms. The normalized spacial score (nSPS) is 12.3. The molecule has 0 aliphatic carbocycles. The lowest BCUT2D eigenvalue weighted by molar-refractivity contribution is 0.0687. The van der Waals surface area contributed by atoms with Gasteiger partial charge in [0.25, 0.3) is 0 Å². The summed E-state index contributed by atoms with van der Waals surface area (Å²) in [5, 5.41) is 39.7. The van der Waals surface area contributed by atoms with Crippen molar-refractivity contribution in [3.63, 3.8) is 0 Å². The second kappa shape index (κ2) is 5.19. The van der Waals surface area contributed by atoms with Crippen LogP contribution in [0.1, 0.15) is 73.4 Å². The summed E-state index contributed by atoms with van der Waals surface area (Å²) in [5.74, 6) is -4.05. The molecule has 0 saturated heterocycles. The van der Waals surface area contributed by atoms with E-state index in [9.17, 15) is 30.0 Å². The van der Waals surface area contributed by atoms with Crippen LogP contribution in [0, 0.1) is 0 Å². The van der Waals surface area contributed by atoms with E-state index in [0.717, 1.165) is 0 Å². The van der Waals surface area contributed by atoms with Gasteiger partial charge in [0.2, 0.25) is 0 Å². The van der Waals surface area contributed by atoms with Gasteiger partial charge in [0.1, 0.15) is 22.6 Å². The van der Waals surface area contributed by atoms with Gasteiger partial charge in [-0.15, -0.1) is 0 Å². The second-order valence-corrected chi connectivity index (χ2v) is 7.31. The molecule has 0 fully saturated rings. The third-order valence-electron chi connectivity index (χ3n) is 3.37. The van der Waals surface area contributed by atoms with Crippen LogP contribution in [0.25, 0.3) is 0 Å². The molecular formula is C16H22O6. The number of carboxylic acids is 2. The summed E-state index contributed by atoms with van der Waals surface area (Å²) < 4.78 is 0. The van der Waals surface area contributed by atoms with E-state index in [4.69, 9.17) is 0 Å². The quantitative estimate of drug-likeness (QED) is 0.667. The van der Waals surface area contributed by atoms with E-state index in [0.29, 0.717) is 0 Å². The van der Waals surface area contributed by atoms with Crippen LogP contribution in [0.2, 0.25) is 0 Å². The average Bonchev–Trinajstić information content (AvgIpc) is 2.23. The highest BCUT2D eigenvalue weighted by atomic mass is 16.4. The van der Waals surface area contributed by atoms with Crippen LogP contribution in [-0.4, -0.2) is 32.4 Å². The Bertz CT molecular complexity index is 603. The minimum atomic E-state index is -1.43. The van der Waals surface area contributed by atoms with Gasteiger partial charge in [-0.3, -0.25) is 0 Å². The molecule has 4 N–H and O–H groups in total. The molecule has 0 aliphatic heterocycles. The number of hydrogen-bond donors (Lipinski definition) is 4. The van der Waals surface area contributed by atoms with Crippen molar-refractivity contribution in [1.82, 2.24) is 0 Å². The summed E-state index contributed by atoms with van der Waals surface area (Å²) in [6.07, 6.45) is 0. The van der Waals surface area contributed by atoms with Gasteiger partial charge >= 0.3 is 11.9 Å². The maximum absolute atomic E-state index is 11.6. The van der Waals surface area contributed by atoms with Crippen LogP contribution in [0.15, 0.2) is 0 Å². The number of aromatic carboxylic acids is 2. The monoisotopic (exact) mass is 310 g/mol. The minimum absolute atomic E-state index is 0.0877. The highest BCUT2D eigenvalue weighted by Crippen LogP contribution is 2.47. The molecule has 0 radical (unpaired) electrons. The molecule has 1 rings (SSSR count). The van der Waals surface area contributed by atoms with Crippen molar-refractivity contribution < 1.29 is 30.0 Å². The zero-order chi connectivity index (χ0) is 17.6. The molecule has 0 amide bonds. The maximum Gasteiger partial charge on any atom is 0.339 e. The van der Waals surface area contributed by atoms with Crippen molar-refractivity contribution in [2.75, 3.05) is 0 Å². The van der Waals surface area contributed by atoms with Gasteiger partial charge < -0.3 is 20.4 Å². The van der Waals surface area contributed by atoms with E-state index in [2.05, 4.69) is 0 Å². The van der Waals surface area contributed by atoms with E-state index in [1.165, 1.54) is 0 Å². The standard InChI is InChI=1S/C16H22O6/c1-15(2,3)9-7(13(19)20)11(17)10(16(4,5)6)12(18)8(9)14(21)22/h17-18H,1-6H3,(H,19,20)(H,21,22). The zero-order valence-electron chi connectivity index (χ0n) is 13.6. The van der Waals surface area contributed by atoms with Gasteiger partial charge in [-0.25, -0.2) is 9.59 Å². The molecule has 22 heavy (non-hydrogen) atoms. The maximum atomic E-state index is 11.6. The van der Waals surface area contributed by atoms with Crippen LogP contribution < -0.4 is 0 Å². The molecule has 0 unspecified atom stereocenters. The molecule has 122 valence electrons. The number of aromatic hydroxyl groups is 2. The number of carbonyl (C=O) groups is 2. The molecule has 0 spiro atoms. The van der Waals surface area contributed by atoms with Gasteiger partial charge in [0.15, 0.2) is 0 Å². The van der Waals surface area contributed by atoms with E-state index in [-0.39, 0.29) is 11.1 Å². The molecule has 0 aliphatic rings. The van der Waals surface area contributed by atoms with Crippen LogP contribution >= 0.6 is 0 Å². The highest BCUT2D eigenvalue weighted by molar-refractivity contribution is 6.02. The SMILES string of the molecule is CC(C)(C)c1c(O)c(C(=O)O)c(C(C)(C)C)c(C(=O)O)c1O. The third-order valence-corrected chi connectivity index (χ3v) is 3.37. The molecule has 6 nitrogen and oxygen atoms in total. The molecule has 0 atom stereocenters. The fourth-order valence-corrected chi connectivity index (χ4v) is 2.60. The van der Waals surface area contributed by atoms with Crippen LogP contribution in [-0.2, 0) is 10.8 Å². The van der Waals surface area contributed by atoms with Crippen molar-refractivity contribution in [1.29, 1.82) is 0 Å². The Kier molecular flexibility index (Phi) is 4.20. The Morgan fingerprint density at radius 2 is 0.955 bits per heavy atom. The Morgan fingerprint density at radius 1 is 0.682 bits per heavy atom. The predicted octanol–water partition coefficient (Wildman–Crippen LogP) is 3.09. The number of rotatable bonds is 2. The Labute approximate surface area is 129 Å². The summed E-state index contributed by atoms with van der Waals surface area (Å²) in [6, 6.07) is 0. The topological polar surface area (TPSA) is 115 Å². The van der Waals surface area contributed by atoms with Gasteiger partial charge in [0.05, 0.1) is 0 Å². The van der Waals surface area contributed by atoms with E-state index in [1.807, 2.05) is 0 Å². The average molecular weight is 310 g/mol. The first-order valence-electron chi connectivity index (χ1n) is 6.80. The van der Waals surface area contributed by atoms with Gasteiger partial charge in [-0.2, -0.15) is 0 Å². The first-order chi connectivity index (χ1) is 9.71. The molecule has 1 aromatic carbocycles. The molecule has 0 saturated carbocycles. The van der Waals surface area contributed by atoms with Crippen LogP contribution in [0.3, 0.4) is 0 Å².